The molecule has 140 valence electrons. The molecule has 0 saturated heterocycles. The van der Waals surface area contributed by atoms with Gasteiger partial charge in [0.25, 0.3) is 0 Å². The predicted octanol–water partition coefficient (Wildman–Crippen LogP) is 4.11. The zero-order valence-corrected chi connectivity index (χ0v) is 16.8. The number of carbonyl (C=O) groups is 2. The Morgan fingerprint density at radius 3 is 2.70 bits per heavy atom. The standard InChI is InChI=1S/C19H17ClN2O3S2/c1-11-4-5-12(20)9-14(11)22-19(25)18(24)21-10-13-6-7-16(27-13)17(23)15-3-2-8-26-15/h2-9,17,23H,10H2,1H3,(H,21,24)(H,22,25)/t17-/m0/s1. The number of rotatable bonds is 5. The maximum absolute atomic E-state index is 12.1. The quantitative estimate of drug-likeness (QED) is 0.543. The molecular weight excluding hydrogens is 404 g/mol. The molecule has 3 N–H and O–H groups in total. The fourth-order valence-corrected chi connectivity index (χ4v) is 4.31. The van der Waals surface area contributed by atoms with E-state index in [-0.39, 0.29) is 6.54 Å². The van der Waals surface area contributed by atoms with Crippen molar-refractivity contribution in [1.82, 2.24) is 5.32 Å². The van der Waals surface area contributed by atoms with Gasteiger partial charge in [-0.2, -0.15) is 0 Å². The van der Waals surface area contributed by atoms with Crippen LogP contribution in [0, 0.1) is 6.92 Å². The van der Waals surface area contributed by atoms with Crippen LogP contribution in [0.3, 0.4) is 0 Å². The molecule has 0 spiro atoms. The molecule has 0 aliphatic rings. The third kappa shape index (κ3) is 4.95. The third-order valence-corrected chi connectivity index (χ3v) is 6.14. The molecule has 0 fully saturated rings. The molecule has 2 amide bonds. The van der Waals surface area contributed by atoms with Crippen LogP contribution in [0.15, 0.2) is 47.8 Å². The average Bonchev–Trinajstić information content (AvgIpc) is 3.34. The summed E-state index contributed by atoms with van der Waals surface area (Å²) in [5.74, 6) is -1.49. The van der Waals surface area contributed by atoms with Gasteiger partial charge in [-0.1, -0.05) is 23.7 Å². The zero-order valence-electron chi connectivity index (χ0n) is 14.4. The van der Waals surface area contributed by atoms with Crippen molar-refractivity contribution >= 4 is 51.8 Å². The van der Waals surface area contributed by atoms with Crippen LogP contribution in [0.1, 0.15) is 26.3 Å². The monoisotopic (exact) mass is 420 g/mol. The Labute approximate surface area is 169 Å². The smallest absolute Gasteiger partial charge is 0.313 e. The first-order valence-electron chi connectivity index (χ1n) is 8.09. The summed E-state index contributed by atoms with van der Waals surface area (Å²) in [6.45, 7) is 2.03. The van der Waals surface area contributed by atoms with E-state index in [1.165, 1.54) is 22.7 Å². The molecule has 2 heterocycles. The number of hydrogen-bond acceptors (Lipinski definition) is 5. The normalized spacial score (nSPS) is 11.8. The Balaban J connectivity index is 1.56. The van der Waals surface area contributed by atoms with E-state index in [2.05, 4.69) is 10.6 Å². The number of aliphatic hydroxyl groups is 1. The van der Waals surface area contributed by atoms with Crippen LogP contribution in [0.4, 0.5) is 5.69 Å². The van der Waals surface area contributed by atoms with Crippen LogP contribution in [0.5, 0.6) is 0 Å². The minimum Gasteiger partial charge on any atom is -0.382 e. The van der Waals surface area contributed by atoms with Crippen molar-refractivity contribution in [2.75, 3.05) is 5.32 Å². The molecule has 8 heteroatoms. The van der Waals surface area contributed by atoms with Gasteiger partial charge in [0, 0.05) is 25.3 Å². The van der Waals surface area contributed by atoms with Gasteiger partial charge in [-0.15, -0.1) is 22.7 Å². The van der Waals surface area contributed by atoms with Crippen molar-refractivity contribution < 1.29 is 14.7 Å². The number of amides is 2. The maximum Gasteiger partial charge on any atom is 0.313 e. The van der Waals surface area contributed by atoms with E-state index in [9.17, 15) is 14.7 Å². The first kappa shape index (κ1) is 19.6. The first-order valence-corrected chi connectivity index (χ1v) is 10.2. The highest BCUT2D eigenvalue weighted by Gasteiger charge is 2.17. The molecule has 2 aromatic heterocycles. The van der Waals surface area contributed by atoms with Crippen LogP contribution < -0.4 is 10.6 Å². The number of benzene rings is 1. The van der Waals surface area contributed by atoms with E-state index >= 15 is 0 Å². The summed E-state index contributed by atoms with van der Waals surface area (Å²) in [6, 6.07) is 12.5. The number of aliphatic hydroxyl groups excluding tert-OH is 1. The summed E-state index contributed by atoms with van der Waals surface area (Å²) >= 11 is 8.79. The van der Waals surface area contributed by atoms with Gasteiger partial charge in [-0.25, -0.2) is 0 Å². The van der Waals surface area contributed by atoms with Gasteiger partial charge in [-0.3, -0.25) is 9.59 Å². The number of nitrogens with one attached hydrogen (secondary N) is 2. The van der Waals surface area contributed by atoms with E-state index in [4.69, 9.17) is 11.6 Å². The van der Waals surface area contributed by atoms with Gasteiger partial charge in [-0.05, 0) is 48.2 Å². The molecule has 0 bridgehead atoms. The highest BCUT2D eigenvalue weighted by atomic mass is 35.5. The Kier molecular flexibility index (Phi) is 6.28. The summed E-state index contributed by atoms with van der Waals surface area (Å²) in [5, 5.41) is 17.9. The lowest BCUT2D eigenvalue weighted by atomic mass is 10.2. The highest BCUT2D eigenvalue weighted by molar-refractivity contribution is 7.12. The van der Waals surface area contributed by atoms with Gasteiger partial charge in [0.05, 0.1) is 6.54 Å². The molecular formula is C19H17ClN2O3S2. The summed E-state index contributed by atoms with van der Waals surface area (Å²) in [7, 11) is 0. The molecule has 3 rings (SSSR count). The molecule has 0 aliphatic heterocycles. The van der Waals surface area contributed by atoms with Gasteiger partial charge in [0.2, 0.25) is 0 Å². The SMILES string of the molecule is Cc1ccc(Cl)cc1NC(=O)C(=O)NCc1ccc([C@@H](O)c2cccs2)s1. The van der Waals surface area contributed by atoms with Crippen molar-refractivity contribution in [3.05, 3.63) is 73.1 Å². The third-order valence-electron chi connectivity index (χ3n) is 3.84. The first-order chi connectivity index (χ1) is 12.9. The van der Waals surface area contributed by atoms with Crippen molar-refractivity contribution in [2.24, 2.45) is 0 Å². The second kappa shape index (κ2) is 8.67. The Bertz CT molecular complexity index is 954. The van der Waals surface area contributed by atoms with Gasteiger partial charge in [0.15, 0.2) is 0 Å². The molecule has 0 saturated carbocycles. The van der Waals surface area contributed by atoms with Gasteiger partial charge < -0.3 is 15.7 Å². The van der Waals surface area contributed by atoms with E-state index in [1.54, 1.807) is 18.2 Å². The molecule has 1 atom stereocenters. The number of carbonyl (C=O) groups excluding carboxylic acids is 2. The molecule has 3 aromatic rings. The maximum atomic E-state index is 12.1. The lowest BCUT2D eigenvalue weighted by Crippen LogP contribution is -2.34. The summed E-state index contributed by atoms with van der Waals surface area (Å²) in [4.78, 5) is 26.6. The fraction of sp³-hybridized carbons (Fsp3) is 0.158. The van der Waals surface area contributed by atoms with E-state index < -0.39 is 17.9 Å². The van der Waals surface area contributed by atoms with Crippen molar-refractivity contribution in [2.45, 2.75) is 19.6 Å². The van der Waals surface area contributed by atoms with Crippen LogP contribution >= 0.6 is 34.3 Å². The molecule has 0 unspecified atom stereocenters. The Morgan fingerprint density at radius 2 is 1.96 bits per heavy atom. The predicted molar refractivity (Wildman–Crippen MR) is 109 cm³/mol. The Hall–Kier alpha value is -2.19. The molecule has 0 radical (unpaired) electrons. The molecule has 1 aromatic carbocycles. The number of aryl methyl sites for hydroxylation is 1. The van der Waals surface area contributed by atoms with Crippen molar-refractivity contribution in [3.63, 3.8) is 0 Å². The van der Waals surface area contributed by atoms with Crippen molar-refractivity contribution in [3.8, 4) is 0 Å². The molecule has 0 aliphatic carbocycles. The second-order valence-electron chi connectivity index (χ2n) is 5.82. The number of anilines is 1. The summed E-state index contributed by atoms with van der Waals surface area (Å²) in [6.07, 6.45) is -0.673. The second-order valence-corrected chi connectivity index (χ2v) is 8.43. The number of hydrogen-bond donors (Lipinski definition) is 3. The van der Waals surface area contributed by atoms with Crippen LogP contribution in [-0.2, 0) is 16.1 Å². The van der Waals surface area contributed by atoms with Crippen LogP contribution in [-0.4, -0.2) is 16.9 Å². The fourth-order valence-electron chi connectivity index (χ4n) is 2.38. The summed E-state index contributed by atoms with van der Waals surface area (Å²) in [5.41, 5.74) is 1.31. The van der Waals surface area contributed by atoms with Gasteiger partial charge >= 0.3 is 11.8 Å². The largest absolute Gasteiger partial charge is 0.382 e. The Morgan fingerprint density at radius 1 is 1.15 bits per heavy atom. The summed E-state index contributed by atoms with van der Waals surface area (Å²) < 4.78 is 0. The molecule has 5 nitrogen and oxygen atoms in total. The minimum absolute atomic E-state index is 0.211. The van der Waals surface area contributed by atoms with E-state index in [1.807, 2.05) is 36.6 Å². The average molecular weight is 421 g/mol. The number of thiophene rings is 2. The topological polar surface area (TPSA) is 78.4 Å². The lowest BCUT2D eigenvalue weighted by molar-refractivity contribution is -0.136. The zero-order chi connectivity index (χ0) is 19.4. The minimum atomic E-state index is -0.754. The van der Waals surface area contributed by atoms with Crippen molar-refractivity contribution in [1.29, 1.82) is 0 Å². The van der Waals surface area contributed by atoms with E-state index in [0.29, 0.717) is 10.7 Å². The van der Waals surface area contributed by atoms with E-state index in [0.717, 1.165) is 20.2 Å². The highest BCUT2D eigenvalue weighted by Crippen LogP contribution is 2.30. The van der Waals surface area contributed by atoms with Crippen LogP contribution in [0.2, 0.25) is 5.02 Å². The lowest BCUT2D eigenvalue weighted by Gasteiger charge is -2.09. The molecule has 27 heavy (non-hydrogen) atoms. The van der Waals surface area contributed by atoms with Crippen LogP contribution in [0.25, 0.3) is 0 Å². The number of halogens is 1. The van der Waals surface area contributed by atoms with Gasteiger partial charge in [0.1, 0.15) is 6.10 Å².